The lowest BCUT2D eigenvalue weighted by Gasteiger charge is -2.07. The molecule has 1 N–H and O–H groups in total. The van der Waals surface area contributed by atoms with Gasteiger partial charge in [-0.2, -0.15) is 5.26 Å². The number of aryl methyl sites for hydroxylation is 1. The molecule has 0 saturated carbocycles. The molecule has 2 heterocycles. The van der Waals surface area contributed by atoms with Crippen molar-refractivity contribution < 1.29 is 9.18 Å². The molecule has 0 aliphatic rings. The number of nitrogens with one attached hydrogen (secondary N) is 1. The standard InChI is InChI=1S/C14H10FN3O2/c1-8-2-4-10(14(20)18-8)13(19)11(6-16)12-5-3-9(15)7-17-12/h2-5,7,11H,1H3,(H,18,20). The zero-order valence-corrected chi connectivity index (χ0v) is 10.6. The molecule has 6 heteroatoms. The Hall–Kier alpha value is -2.81. The molecule has 2 rings (SSSR count). The number of carbonyl (C=O) groups is 1. The van der Waals surface area contributed by atoms with Gasteiger partial charge in [0.2, 0.25) is 0 Å². The van der Waals surface area contributed by atoms with Gasteiger partial charge in [0.25, 0.3) is 5.56 Å². The highest BCUT2D eigenvalue weighted by Crippen LogP contribution is 2.17. The second kappa shape index (κ2) is 5.45. The summed E-state index contributed by atoms with van der Waals surface area (Å²) in [6.45, 7) is 1.68. The number of aromatic nitrogens is 2. The average molecular weight is 271 g/mol. The average Bonchev–Trinajstić information content (AvgIpc) is 2.41. The Morgan fingerprint density at radius 3 is 2.70 bits per heavy atom. The van der Waals surface area contributed by atoms with Gasteiger partial charge in [-0.1, -0.05) is 0 Å². The summed E-state index contributed by atoms with van der Waals surface area (Å²) in [6.07, 6.45) is 0.923. The Morgan fingerprint density at radius 1 is 1.40 bits per heavy atom. The van der Waals surface area contributed by atoms with Crippen molar-refractivity contribution >= 4 is 5.78 Å². The van der Waals surface area contributed by atoms with Gasteiger partial charge in [-0.05, 0) is 31.2 Å². The van der Waals surface area contributed by atoms with Crippen LogP contribution in [0.1, 0.15) is 27.7 Å². The molecule has 5 nitrogen and oxygen atoms in total. The first-order valence-electron chi connectivity index (χ1n) is 5.78. The highest BCUT2D eigenvalue weighted by atomic mass is 19.1. The Morgan fingerprint density at radius 2 is 2.15 bits per heavy atom. The van der Waals surface area contributed by atoms with E-state index in [1.165, 1.54) is 12.1 Å². The SMILES string of the molecule is Cc1ccc(C(=O)C(C#N)c2ccc(F)cn2)c(=O)[nH]1. The predicted molar refractivity (Wildman–Crippen MR) is 68.7 cm³/mol. The molecule has 100 valence electrons. The quantitative estimate of drug-likeness (QED) is 0.861. The maximum atomic E-state index is 12.8. The maximum absolute atomic E-state index is 12.8. The molecule has 0 spiro atoms. The summed E-state index contributed by atoms with van der Waals surface area (Å²) in [6, 6.07) is 7.09. The van der Waals surface area contributed by atoms with Crippen molar-refractivity contribution in [1.82, 2.24) is 9.97 Å². The number of halogens is 1. The van der Waals surface area contributed by atoms with E-state index < -0.39 is 23.1 Å². The first-order chi connectivity index (χ1) is 9.52. The van der Waals surface area contributed by atoms with Crippen LogP contribution in [0.2, 0.25) is 0 Å². The van der Waals surface area contributed by atoms with Crippen molar-refractivity contribution in [2.75, 3.05) is 0 Å². The number of nitriles is 1. The number of ketones is 1. The van der Waals surface area contributed by atoms with Gasteiger partial charge in [0.1, 0.15) is 5.82 Å². The summed E-state index contributed by atoms with van der Waals surface area (Å²) in [7, 11) is 0. The summed E-state index contributed by atoms with van der Waals surface area (Å²) in [4.78, 5) is 30.1. The van der Waals surface area contributed by atoms with Gasteiger partial charge in [-0.15, -0.1) is 0 Å². The third-order valence-corrected chi connectivity index (χ3v) is 2.76. The highest BCUT2D eigenvalue weighted by Gasteiger charge is 2.25. The van der Waals surface area contributed by atoms with Gasteiger partial charge < -0.3 is 4.98 Å². The molecular formula is C14H10FN3O2. The number of H-pyrrole nitrogens is 1. The number of rotatable bonds is 3. The number of carbonyl (C=O) groups excluding carboxylic acids is 1. The van der Waals surface area contributed by atoms with Crippen LogP contribution in [0.3, 0.4) is 0 Å². The number of Topliss-reactive ketones (excluding diaryl/α,β-unsaturated/α-hetero) is 1. The Kier molecular flexibility index (Phi) is 3.71. The van der Waals surface area contributed by atoms with E-state index in [2.05, 4.69) is 9.97 Å². The van der Waals surface area contributed by atoms with E-state index in [0.717, 1.165) is 12.3 Å². The Balaban J connectivity index is 2.42. The lowest BCUT2D eigenvalue weighted by molar-refractivity contribution is 0.0976. The monoisotopic (exact) mass is 271 g/mol. The fourth-order valence-electron chi connectivity index (χ4n) is 1.74. The molecular weight excluding hydrogens is 261 g/mol. The largest absolute Gasteiger partial charge is 0.326 e. The Labute approximate surface area is 113 Å². The summed E-state index contributed by atoms with van der Waals surface area (Å²) in [5, 5.41) is 9.11. The molecule has 0 aromatic carbocycles. The van der Waals surface area contributed by atoms with Crippen LogP contribution in [-0.4, -0.2) is 15.8 Å². The number of hydrogen-bond donors (Lipinski definition) is 1. The van der Waals surface area contributed by atoms with Gasteiger partial charge in [0, 0.05) is 5.69 Å². The van der Waals surface area contributed by atoms with Crippen LogP contribution >= 0.6 is 0 Å². The molecule has 20 heavy (non-hydrogen) atoms. The normalized spacial score (nSPS) is 11.7. The van der Waals surface area contributed by atoms with Crippen molar-refractivity contribution in [2.45, 2.75) is 12.8 Å². The van der Waals surface area contributed by atoms with E-state index >= 15 is 0 Å². The van der Waals surface area contributed by atoms with Gasteiger partial charge >= 0.3 is 0 Å². The molecule has 2 aromatic heterocycles. The van der Waals surface area contributed by atoms with Crippen molar-refractivity contribution in [1.29, 1.82) is 5.26 Å². The molecule has 0 bridgehead atoms. The zero-order valence-electron chi connectivity index (χ0n) is 10.6. The third kappa shape index (κ3) is 2.62. The lowest BCUT2D eigenvalue weighted by Crippen LogP contribution is -2.22. The van der Waals surface area contributed by atoms with E-state index in [-0.39, 0.29) is 11.3 Å². The summed E-state index contributed by atoms with van der Waals surface area (Å²) < 4.78 is 12.8. The second-order valence-corrected chi connectivity index (χ2v) is 4.21. The van der Waals surface area contributed by atoms with E-state index in [4.69, 9.17) is 5.26 Å². The fraction of sp³-hybridized carbons (Fsp3) is 0.143. The second-order valence-electron chi connectivity index (χ2n) is 4.21. The van der Waals surface area contributed by atoms with Gasteiger partial charge in [-0.25, -0.2) is 4.39 Å². The van der Waals surface area contributed by atoms with Gasteiger partial charge in [-0.3, -0.25) is 14.6 Å². The van der Waals surface area contributed by atoms with Crippen molar-refractivity contribution in [3.8, 4) is 6.07 Å². The maximum Gasteiger partial charge on any atom is 0.259 e. The van der Waals surface area contributed by atoms with E-state index in [0.29, 0.717) is 5.69 Å². The topological polar surface area (TPSA) is 86.6 Å². The number of hydrogen-bond acceptors (Lipinski definition) is 4. The van der Waals surface area contributed by atoms with Crippen molar-refractivity contribution in [3.63, 3.8) is 0 Å². The molecule has 0 amide bonds. The summed E-state index contributed by atoms with van der Waals surface area (Å²) in [5.74, 6) is -2.46. The smallest absolute Gasteiger partial charge is 0.259 e. The van der Waals surface area contributed by atoms with Crippen LogP contribution in [0.25, 0.3) is 0 Å². The molecule has 0 radical (unpaired) electrons. The van der Waals surface area contributed by atoms with Crippen LogP contribution in [0.15, 0.2) is 35.3 Å². The number of pyridine rings is 2. The van der Waals surface area contributed by atoms with E-state index in [9.17, 15) is 14.0 Å². The van der Waals surface area contributed by atoms with Crippen LogP contribution in [0.5, 0.6) is 0 Å². The number of nitrogens with zero attached hydrogens (tertiary/aromatic N) is 2. The highest BCUT2D eigenvalue weighted by molar-refractivity contribution is 6.02. The van der Waals surface area contributed by atoms with Crippen LogP contribution in [0, 0.1) is 24.1 Å². The third-order valence-electron chi connectivity index (χ3n) is 2.76. The zero-order chi connectivity index (χ0) is 14.7. The predicted octanol–water partition coefficient (Wildman–Crippen LogP) is 1.71. The van der Waals surface area contributed by atoms with Crippen molar-refractivity contribution in [2.24, 2.45) is 0 Å². The van der Waals surface area contributed by atoms with Crippen LogP contribution in [0.4, 0.5) is 4.39 Å². The lowest BCUT2D eigenvalue weighted by atomic mass is 9.96. The minimum absolute atomic E-state index is 0.110. The molecule has 0 aliphatic heterocycles. The molecule has 1 atom stereocenters. The minimum atomic E-state index is -1.24. The van der Waals surface area contributed by atoms with Crippen LogP contribution in [-0.2, 0) is 0 Å². The molecule has 2 aromatic rings. The Bertz CT molecular complexity index is 744. The minimum Gasteiger partial charge on any atom is -0.326 e. The fourth-order valence-corrected chi connectivity index (χ4v) is 1.74. The van der Waals surface area contributed by atoms with E-state index in [1.54, 1.807) is 19.1 Å². The van der Waals surface area contributed by atoms with Crippen LogP contribution < -0.4 is 5.56 Å². The molecule has 0 aliphatic carbocycles. The molecule has 1 unspecified atom stereocenters. The first kappa shape index (κ1) is 13.6. The molecule has 0 fully saturated rings. The van der Waals surface area contributed by atoms with E-state index in [1.807, 2.05) is 0 Å². The van der Waals surface area contributed by atoms with Gasteiger partial charge in [0.15, 0.2) is 11.7 Å². The van der Waals surface area contributed by atoms with Crippen molar-refractivity contribution in [3.05, 3.63) is 63.6 Å². The van der Waals surface area contributed by atoms with Gasteiger partial charge in [0.05, 0.1) is 23.5 Å². The number of aromatic amines is 1. The molecule has 0 saturated heterocycles. The summed E-state index contributed by atoms with van der Waals surface area (Å²) >= 11 is 0. The summed E-state index contributed by atoms with van der Waals surface area (Å²) in [5.41, 5.74) is 0.0458. The first-order valence-corrected chi connectivity index (χ1v) is 5.78.